The highest BCUT2D eigenvalue weighted by Crippen LogP contribution is 2.17. The van der Waals surface area contributed by atoms with E-state index in [0.717, 1.165) is 11.1 Å². The lowest BCUT2D eigenvalue weighted by molar-refractivity contribution is -0.167. The third-order valence-corrected chi connectivity index (χ3v) is 2.77. The first-order valence-electron chi connectivity index (χ1n) is 4.17. The summed E-state index contributed by atoms with van der Waals surface area (Å²) in [6.07, 6.45) is 2.11. The van der Waals surface area contributed by atoms with Crippen LogP contribution in [0, 0.1) is 0 Å². The molecular formula is C10H13NO2S. The Morgan fingerprint density at radius 1 is 1.71 bits per heavy atom. The highest BCUT2D eigenvalue weighted by molar-refractivity contribution is 7.08. The van der Waals surface area contributed by atoms with Gasteiger partial charge in [-0.2, -0.15) is 11.3 Å². The van der Waals surface area contributed by atoms with E-state index >= 15 is 0 Å². The van der Waals surface area contributed by atoms with E-state index in [1.165, 1.54) is 12.2 Å². The van der Waals surface area contributed by atoms with Crippen LogP contribution in [0.15, 0.2) is 17.3 Å². The molecule has 0 aromatic carbocycles. The minimum absolute atomic E-state index is 0.0611. The molecule has 0 spiro atoms. The number of nitrogens with zero attached hydrogens (tertiary/aromatic N) is 1. The summed E-state index contributed by atoms with van der Waals surface area (Å²) in [5.41, 5.74) is 2.02. The molecule has 3 nitrogen and oxygen atoms in total. The van der Waals surface area contributed by atoms with Gasteiger partial charge in [-0.05, 0) is 21.9 Å². The highest BCUT2D eigenvalue weighted by atomic mass is 32.1. The van der Waals surface area contributed by atoms with E-state index in [2.05, 4.69) is 6.58 Å². The Hall–Kier alpha value is -1.13. The molecule has 0 aliphatic heterocycles. The van der Waals surface area contributed by atoms with Gasteiger partial charge in [-0.1, -0.05) is 12.7 Å². The maximum atomic E-state index is 11.5. The zero-order chi connectivity index (χ0) is 10.6. The summed E-state index contributed by atoms with van der Waals surface area (Å²) in [6.45, 7) is 3.69. The summed E-state index contributed by atoms with van der Waals surface area (Å²) in [5.74, 6) is -0.0611. The zero-order valence-electron chi connectivity index (χ0n) is 8.32. The predicted octanol–water partition coefficient (Wildman–Crippen LogP) is 1.95. The summed E-state index contributed by atoms with van der Waals surface area (Å²) < 4.78 is 0. The average molecular weight is 211 g/mol. The van der Waals surface area contributed by atoms with Crippen LogP contribution in [0.3, 0.4) is 0 Å². The van der Waals surface area contributed by atoms with Crippen LogP contribution < -0.4 is 0 Å². The van der Waals surface area contributed by atoms with Crippen molar-refractivity contribution < 1.29 is 9.63 Å². The van der Waals surface area contributed by atoms with Crippen molar-refractivity contribution in [1.29, 1.82) is 0 Å². The van der Waals surface area contributed by atoms with Crippen molar-refractivity contribution >= 4 is 23.3 Å². The van der Waals surface area contributed by atoms with Crippen LogP contribution in [0.2, 0.25) is 0 Å². The Bertz CT molecular complexity index is 333. The molecule has 0 fully saturated rings. The van der Waals surface area contributed by atoms with Crippen LogP contribution in [0.4, 0.5) is 0 Å². The fourth-order valence-electron chi connectivity index (χ4n) is 1.03. The van der Waals surface area contributed by atoms with Gasteiger partial charge in [0.15, 0.2) is 0 Å². The van der Waals surface area contributed by atoms with Crippen LogP contribution in [0.1, 0.15) is 11.1 Å². The number of likely N-dealkylation sites (N-methyl/N-ethyl adjacent to an activating group) is 1. The topological polar surface area (TPSA) is 29.5 Å². The summed E-state index contributed by atoms with van der Waals surface area (Å²) in [5, 5.41) is 5.16. The standard InChI is InChI=1S/C10H13NO2S/c1-4-8-6-14-7-9(8)5-10(12)11(2)13-3/h4,6-7H,1,5H2,2-3H3. The second-order valence-electron chi connectivity index (χ2n) is 2.81. The summed E-state index contributed by atoms with van der Waals surface area (Å²) in [4.78, 5) is 16.3. The Kier molecular flexibility index (Phi) is 3.85. The van der Waals surface area contributed by atoms with Crippen molar-refractivity contribution in [3.05, 3.63) is 28.5 Å². The lowest BCUT2D eigenvalue weighted by atomic mass is 10.1. The van der Waals surface area contributed by atoms with E-state index in [-0.39, 0.29) is 5.91 Å². The quantitative estimate of drug-likeness (QED) is 0.712. The van der Waals surface area contributed by atoms with Crippen molar-refractivity contribution in [1.82, 2.24) is 5.06 Å². The van der Waals surface area contributed by atoms with Crippen molar-refractivity contribution in [3.8, 4) is 0 Å². The lowest BCUT2D eigenvalue weighted by Gasteiger charge is -2.13. The Morgan fingerprint density at radius 2 is 2.43 bits per heavy atom. The summed E-state index contributed by atoms with van der Waals surface area (Å²) in [7, 11) is 3.07. The van der Waals surface area contributed by atoms with Gasteiger partial charge in [0.2, 0.25) is 5.91 Å². The molecular weight excluding hydrogens is 198 g/mol. The zero-order valence-corrected chi connectivity index (χ0v) is 9.13. The molecule has 4 heteroatoms. The van der Waals surface area contributed by atoms with Gasteiger partial charge in [-0.3, -0.25) is 9.63 Å². The van der Waals surface area contributed by atoms with Crippen LogP contribution in [-0.2, 0) is 16.1 Å². The van der Waals surface area contributed by atoms with Gasteiger partial charge in [-0.25, -0.2) is 5.06 Å². The normalized spacial score (nSPS) is 9.86. The van der Waals surface area contributed by atoms with Gasteiger partial charge in [0, 0.05) is 7.05 Å². The Labute approximate surface area is 87.6 Å². The third kappa shape index (κ3) is 2.43. The fourth-order valence-corrected chi connectivity index (χ4v) is 1.88. The first-order chi connectivity index (χ1) is 6.69. The van der Waals surface area contributed by atoms with Crippen LogP contribution >= 0.6 is 11.3 Å². The molecule has 0 aliphatic rings. The predicted molar refractivity (Wildman–Crippen MR) is 57.9 cm³/mol. The molecule has 0 atom stereocenters. The molecule has 0 N–H and O–H groups in total. The Balaban J connectivity index is 2.69. The molecule has 1 aromatic rings. The number of carbonyl (C=O) groups is 1. The molecule has 1 heterocycles. The molecule has 0 unspecified atom stereocenters. The average Bonchev–Trinajstić information content (AvgIpc) is 2.63. The van der Waals surface area contributed by atoms with Crippen molar-refractivity contribution in [2.45, 2.75) is 6.42 Å². The minimum atomic E-state index is -0.0611. The largest absolute Gasteiger partial charge is 0.275 e. The third-order valence-electron chi connectivity index (χ3n) is 1.96. The monoisotopic (exact) mass is 211 g/mol. The van der Waals surface area contributed by atoms with Crippen molar-refractivity contribution in [3.63, 3.8) is 0 Å². The molecule has 1 amide bonds. The van der Waals surface area contributed by atoms with E-state index in [4.69, 9.17) is 4.84 Å². The molecule has 0 saturated heterocycles. The van der Waals surface area contributed by atoms with Gasteiger partial charge in [0.25, 0.3) is 0 Å². The molecule has 0 radical (unpaired) electrons. The minimum Gasteiger partial charge on any atom is -0.275 e. The molecule has 0 aliphatic carbocycles. The van der Waals surface area contributed by atoms with Crippen LogP contribution in [0.5, 0.6) is 0 Å². The van der Waals surface area contributed by atoms with Crippen LogP contribution in [-0.4, -0.2) is 25.1 Å². The second-order valence-corrected chi connectivity index (χ2v) is 3.55. The fraction of sp³-hybridized carbons (Fsp3) is 0.300. The molecule has 1 aromatic heterocycles. The maximum Gasteiger partial charge on any atom is 0.250 e. The van der Waals surface area contributed by atoms with E-state index in [1.807, 2.05) is 10.8 Å². The number of thiophene rings is 1. The number of hydrogen-bond donors (Lipinski definition) is 0. The summed E-state index contributed by atoms with van der Waals surface area (Å²) >= 11 is 1.57. The molecule has 1 rings (SSSR count). The molecule has 76 valence electrons. The first-order valence-corrected chi connectivity index (χ1v) is 5.11. The van der Waals surface area contributed by atoms with Gasteiger partial charge in [0.05, 0.1) is 13.5 Å². The number of hydrogen-bond acceptors (Lipinski definition) is 3. The van der Waals surface area contributed by atoms with Gasteiger partial charge in [-0.15, -0.1) is 0 Å². The SMILES string of the molecule is C=Cc1cscc1CC(=O)N(C)OC. The molecule has 0 saturated carbocycles. The lowest BCUT2D eigenvalue weighted by Crippen LogP contribution is -2.26. The van der Waals surface area contributed by atoms with E-state index < -0.39 is 0 Å². The second kappa shape index (κ2) is 4.93. The van der Waals surface area contributed by atoms with Crippen molar-refractivity contribution in [2.24, 2.45) is 0 Å². The number of carbonyl (C=O) groups excluding carboxylic acids is 1. The first kappa shape index (κ1) is 10.9. The maximum absolute atomic E-state index is 11.5. The smallest absolute Gasteiger partial charge is 0.250 e. The highest BCUT2D eigenvalue weighted by Gasteiger charge is 2.11. The van der Waals surface area contributed by atoms with Gasteiger partial charge >= 0.3 is 0 Å². The van der Waals surface area contributed by atoms with E-state index in [0.29, 0.717) is 6.42 Å². The number of rotatable bonds is 4. The van der Waals surface area contributed by atoms with E-state index in [1.54, 1.807) is 24.5 Å². The van der Waals surface area contributed by atoms with Gasteiger partial charge in [0.1, 0.15) is 0 Å². The molecule has 14 heavy (non-hydrogen) atoms. The molecule has 0 bridgehead atoms. The summed E-state index contributed by atoms with van der Waals surface area (Å²) in [6, 6.07) is 0. The van der Waals surface area contributed by atoms with E-state index in [9.17, 15) is 4.79 Å². The van der Waals surface area contributed by atoms with Crippen LogP contribution in [0.25, 0.3) is 6.08 Å². The van der Waals surface area contributed by atoms with Crippen molar-refractivity contribution in [2.75, 3.05) is 14.2 Å². The number of hydroxylamine groups is 2. The van der Waals surface area contributed by atoms with Gasteiger partial charge < -0.3 is 0 Å². The number of amides is 1. The Morgan fingerprint density at radius 3 is 3.00 bits per heavy atom.